The van der Waals surface area contributed by atoms with Crippen LogP contribution in [-0.4, -0.2) is 16.6 Å². The van der Waals surface area contributed by atoms with Gasteiger partial charge in [0.1, 0.15) is 11.6 Å². The van der Waals surface area contributed by atoms with Gasteiger partial charge < -0.3 is 10.0 Å². The summed E-state index contributed by atoms with van der Waals surface area (Å²) in [5.74, 6) is -0.664. The predicted molar refractivity (Wildman–Crippen MR) is 81.6 cm³/mol. The number of halogens is 2. The van der Waals surface area contributed by atoms with Crippen LogP contribution in [0.3, 0.4) is 0 Å². The highest BCUT2D eigenvalue weighted by atomic mass is 19.1. The summed E-state index contributed by atoms with van der Waals surface area (Å²) in [5, 5.41) is 16.5. The number of benzene rings is 2. The highest BCUT2D eigenvalue weighted by Gasteiger charge is 2.24. The van der Waals surface area contributed by atoms with Crippen LogP contribution in [0.4, 0.5) is 8.78 Å². The lowest BCUT2D eigenvalue weighted by atomic mass is 9.99. The van der Waals surface area contributed by atoms with Gasteiger partial charge >= 0.3 is 0 Å². The maximum Gasteiger partial charge on any atom is 0.157 e. The van der Waals surface area contributed by atoms with E-state index in [9.17, 15) is 14.0 Å². The monoisotopic (exact) mass is 316 g/mol. The summed E-state index contributed by atoms with van der Waals surface area (Å²) in [7, 11) is 0. The molecule has 0 aliphatic carbocycles. The van der Waals surface area contributed by atoms with Crippen LogP contribution in [0.25, 0.3) is 0 Å². The molecule has 4 nitrogen and oxygen atoms in total. The van der Waals surface area contributed by atoms with E-state index in [1.54, 1.807) is 12.1 Å². The van der Waals surface area contributed by atoms with Crippen LogP contribution in [-0.2, 0) is 4.84 Å². The summed E-state index contributed by atoms with van der Waals surface area (Å²) in [6.07, 6.45) is 0.532. The topological polar surface area (TPSA) is 54.2 Å². The van der Waals surface area contributed by atoms with E-state index in [-0.39, 0.29) is 17.7 Å². The molecule has 2 aromatic rings. The molecule has 6 heteroatoms. The Morgan fingerprint density at radius 1 is 1.09 bits per heavy atom. The van der Waals surface area contributed by atoms with E-state index in [4.69, 9.17) is 4.84 Å². The molecule has 0 amide bonds. The highest BCUT2D eigenvalue weighted by Crippen LogP contribution is 2.28. The van der Waals surface area contributed by atoms with Crippen molar-refractivity contribution in [2.45, 2.75) is 18.9 Å². The fourth-order valence-corrected chi connectivity index (χ4v) is 2.42. The molecule has 3 rings (SSSR count). The molecule has 1 aliphatic rings. The smallest absolute Gasteiger partial charge is 0.157 e. The SMILES string of the molecule is O/N=C(/CC1=NOC(c2ccc(F)cc2)C1)c1ccc(F)cc1. The van der Waals surface area contributed by atoms with Gasteiger partial charge in [-0.3, -0.25) is 0 Å². The van der Waals surface area contributed by atoms with Crippen LogP contribution in [0.5, 0.6) is 0 Å². The lowest BCUT2D eigenvalue weighted by Crippen LogP contribution is -2.09. The van der Waals surface area contributed by atoms with E-state index in [2.05, 4.69) is 10.3 Å². The average molecular weight is 316 g/mol. The summed E-state index contributed by atoms with van der Waals surface area (Å²) in [6.45, 7) is 0. The number of hydrogen-bond acceptors (Lipinski definition) is 4. The van der Waals surface area contributed by atoms with Gasteiger partial charge in [0.2, 0.25) is 0 Å². The van der Waals surface area contributed by atoms with E-state index in [0.717, 1.165) is 5.56 Å². The molecule has 1 aliphatic heterocycles. The minimum absolute atomic E-state index is 0.279. The van der Waals surface area contributed by atoms with Crippen LogP contribution in [0, 0.1) is 11.6 Å². The van der Waals surface area contributed by atoms with Crippen molar-refractivity contribution >= 4 is 11.4 Å². The van der Waals surface area contributed by atoms with Gasteiger partial charge in [-0.25, -0.2) is 8.78 Å². The van der Waals surface area contributed by atoms with E-state index < -0.39 is 0 Å². The van der Waals surface area contributed by atoms with Crippen LogP contribution in [0.1, 0.15) is 30.1 Å². The Labute approximate surface area is 131 Å². The zero-order valence-corrected chi connectivity index (χ0v) is 12.1. The van der Waals surface area contributed by atoms with Crippen molar-refractivity contribution in [3.05, 3.63) is 71.3 Å². The van der Waals surface area contributed by atoms with Crippen molar-refractivity contribution in [2.75, 3.05) is 0 Å². The first-order valence-electron chi connectivity index (χ1n) is 7.09. The van der Waals surface area contributed by atoms with Gasteiger partial charge in [-0.1, -0.05) is 34.6 Å². The second-order valence-corrected chi connectivity index (χ2v) is 5.24. The summed E-state index contributed by atoms with van der Waals surface area (Å²) in [6, 6.07) is 11.7. The molecule has 23 heavy (non-hydrogen) atoms. The third kappa shape index (κ3) is 3.53. The van der Waals surface area contributed by atoms with Crippen molar-refractivity contribution in [2.24, 2.45) is 10.3 Å². The third-order valence-electron chi connectivity index (χ3n) is 3.64. The zero-order valence-electron chi connectivity index (χ0n) is 12.1. The van der Waals surface area contributed by atoms with Crippen LogP contribution < -0.4 is 0 Å². The molecule has 0 radical (unpaired) electrons. The Balaban J connectivity index is 1.66. The number of oxime groups is 2. The Kier molecular flexibility index (Phi) is 4.32. The first-order valence-corrected chi connectivity index (χ1v) is 7.09. The lowest BCUT2D eigenvalue weighted by Gasteiger charge is -2.08. The Hall–Kier alpha value is -2.76. The van der Waals surface area contributed by atoms with Gasteiger partial charge in [-0.15, -0.1) is 0 Å². The molecule has 0 aromatic heterocycles. The van der Waals surface area contributed by atoms with Gasteiger partial charge in [0, 0.05) is 12.8 Å². The molecule has 1 atom stereocenters. The molecule has 0 fully saturated rings. The molecular formula is C17H14F2N2O2. The molecular weight excluding hydrogens is 302 g/mol. The summed E-state index contributed by atoms with van der Waals surface area (Å²) in [4.78, 5) is 5.36. The Morgan fingerprint density at radius 2 is 1.70 bits per heavy atom. The minimum atomic E-state index is -0.357. The summed E-state index contributed by atoms with van der Waals surface area (Å²) in [5.41, 5.74) is 2.53. The average Bonchev–Trinajstić information content (AvgIpc) is 3.03. The largest absolute Gasteiger partial charge is 0.411 e. The number of rotatable bonds is 4. The van der Waals surface area contributed by atoms with Crippen LogP contribution in [0.2, 0.25) is 0 Å². The van der Waals surface area contributed by atoms with Crippen molar-refractivity contribution in [1.29, 1.82) is 0 Å². The van der Waals surface area contributed by atoms with Crippen molar-refractivity contribution in [1.82, 2.24) is 0 Å². The van der Waals surface area contributed by atoms with E-state index >= 15 is 0 Å². The van der Waals surface area contributed by atoms with Crippen molar-refractivity contribution in [3.8, 4) is 0 Å². The van der Waals surface area contributed by atoms with Gasteiger partial charge in [-0.05, 0) is 35.4 Å². The third-order valence-corrected chi connectivity index (χ3v) is 3.64. The second kappa shape index (κ2) is 6.56. The standard InChI is InChI=1S/C17H14F2N2O2/c18-13-5-1-11(2-6-13)16(20-22)9-15-10-17(23-21-15)12-3-7-14(19)8-4-12/h1-8,17,22H,9-10H2/b20-16-. The van der Waals surface area contributed by atoms with Crippen LogP contribution >= 0.6 is 0 Å². The fourth-order valence-electron chi connectivity index (χ4n) is 2.42. The number of hydrogen-bond donors (Lipinski definition) is 1. The van der Waals surface area contributed by atoms with Crippen molar-refractivity contribution < 1.29 is 18.8 Å². The van der Waals surface area contributed by atoms with E-state index in [1.807, 2.05) is 0 Å². The Bertz CT molecular complexity index is 740. The maximum absolute atomic E-state index is 13.0. The summed E-state index contributed by atoms with van der Waals surface area (Å²) >= 11 is 0. The van der Waals surface area contributed by atoms with Crippen molar-refractivity contribution in [3.63, 3.8) is 0 Å². The molecule has 0 saturated heterocycles. The molecule has 118 valence electrons. The minimum Gasteiger partial charge on any atom is -0.411 e. The molecule has 2 aromatic carbocycles. The van der Waals surface area contributed by atoms with Gasteiger partial charge in [0.05, 0.1) is 11.4 Å². The normalized spacial score (nSPS) is 17.7. The Morgan fingerprint density at radius 3 is 2.30 bits per heavy atom. The fraction of sp³-hybridized carbons (Fsp3) is 0.176. The first-order chi connectivity index (χ1) is 11.2. The summed E-state index contributed by atoms with van der Waals surface area (Å²) < 4.78 is 25.9. The molecule has 1 unspecified atom stereocenters. The zero-order chi connectivity index (χ0) is 16.2. The van der Waals surface area contributed by atoms with Gasteiger partial charge in [0.15, 0.2) is 6.10 Å². The maximum atomic E-state index is 13.0. The first kappa shape index (κ1) is 15.1. The lowest BCUT2D eigenvalue weighted by molar-refractivity contribution is 0.0856. The molecule has 0 bridgehead atoms. The van der Waals surface area contributed by atoms with Crippen LogP contribution in [0.15, 0.2) is 58.8 Å². The van der Waals surface area contributed by atoms with Gasteiger partial charge in [-0.2, -0.15) is 0 Å². The predicted octanol–water partition coefficient (Wildman–Crippen LogP) is 4.05. The molecule has 0 saturated carbocycles. The molecule has 0 spiro atoms. The van der Waals surface area contributed by atoms with E-state index in [1.165, 1.54) is 36.4 Å². The van der Waals surface area contributed by atoms with Gasteiger partial charge in [0.25, 0.3) is 0 Å². The molecule has 1 heterocycles. The van der Waals surface area contributed by atoms with E-state index in [0.29, 0.717) is 29.8 Å². The quantitative estimate of drug-likeness (QED) is 0.525. The second-order valence-electron chi connectivity index (χ2n) is 5.24. The highest BCUT2D eigenvalue weighted by molar-refractivity contribution is 6.12. The number of nitrogens with zero attached hydrogens (tertiary/aromatic N) is 2. The molecule has 1 N–H and O–H groups in total.